The number of aliphatic hydroxyl groups is 1. The van der Waals surface area contributed by atoms with E-state index in [-0.39, 0.29) is 12.6 Å². The van der Waals surface area contributed by atoms with Gasteiger partial charge in [0.15, 0.2) is 0 Å². The molecular formula is C12H16BrNO2. The Bertz CT molecular complexity index is 379. The Kier molecular flexibility index (Phi) is 4.99. The second kappa shape index (κ2) is 6.03. The third-order valence-corrected chi connectivity index (χ3v) is 2.67. The fourth-order valence-corrected chi connectivity index (χ4v) is 1.68. The summed E-state index contributed by atoms with van der Waals surface area (Å²) < 4.78 is 6.35. The summed E-state index contributed by atoms with van der Waals surface area (Å²) in [5.41, 5.74) is 7.54. The number of hydrogen-bond donors (Lipinski definition) is 2. The molecule has 0 amide bonds. The standard InChI is InChI=1S/C12H16BrNO2/c1-8(2)7-16-12-4-3-9(5-10(12)13)11(14)6-15/h3-5,11,15H,1,6-7,14H2,2H3. The van der Waals surface area contributed by atoms with E-state index in [1.54, 1.807) is 0 Å². The largest absolute Gasteiger partial charge is 0.488 e. The third-order valence-electron chi connectivity index (χ3n) is 2.05. The molecule has 16 heavy (non-hydrogen) atoms. The molecule has 1 unspecified atom stereocenters. The molecule has 0 aromatic heterocycles. The summed E-state index contributed by atoms with van der Waals surface area (Å²) in [5, 5.41) is 8.94. The van der Waals surface area contributed by atoms with Gasteiger partial charge in [0.25, 0.3) is 0 Å². The summed E-state index contributed by atoms with van der Waals surface area (Å²) in [5.74, 6) is 0.747. The quantitative estimate of drug-likeness (QED) is 0.817. The minimum Gasteiger partial charge on any atom is -0.488 e. The Hall–Kier alpha value is -0.840. The molecule has 0 spiro atoms. The van der Waals surface area contributed by atoms with Crippen molar-refractivity contribution < 1.29 is 9.84 Å². The number of rotatable bonds is 5. The topological polar surface area (TPSA) is 55.5 Å². The normalized spacial score (nSPS) is 12.2. The van der Waals surface area contributed by atoms with E-state index in [2.05, 4.69) is 22.5 Å². The molecule has 3 nitrogen and oxygen atoms in total. The molecule has 0 saturated carbocycles. The first kappa shape index (κ1) is 13.2. The summed E-state index contributed by atoms with van der Waals surface area (Å²) in [6, 6.07) is 5.18. The van der Waals surface area contributed by atoms with Crippen molar-refractivity contribution in [3.8, 4) is 5.75 Å². The zero-order valence-corrected chi connectivity index (χ0v) is 10.8. The van der Waals surface area contributed by atoms with Crippen LogP contribution in [0.3, 0.4) is 0 Å². The van der Waals surface area contributed by atoms with E-state index in [4.69, 9.17) is 15.6 Å². The lowest BCUT2D eigenvalue weighted by Gasteiger charge is -2.12. The minimum atomic E-state index is -0.355. The van der Waals surface area contributed by atoms with E-state index in [0.717, 1.165) is 21.4 Å². The highest BCUT2D eigenvalue weighted by atomic mass is 79.9. The second-order valence-electron chi connectivity index (χ2n) is 3.72. The Morgan fingerprint density at radius 1 is 1.62 bits per heavy atom. The molecule has 0 saturated heterocycles. The Morgan fingerprint density at radius 2 is 2.31 bits per heavy atom. The summed E-state index contributed by atoms with van der Waals surface area (Å²) in [6.45, 7) is 6.09. The Labute approximate surface area is 104 Å². The monoisotopic (exact) mass is 285 g/mol. The lowest BCUT2D eigenvalue weighted by Crippen LogP contribution is -2.14. The first-order valence-corrected chi connectivity index (χ1v) is 5.77. The van der Waals surface area contributed by atoms with Crippen LogP contribution >= 0.6 is 15.9 Å². The van der Waals surface area contributed by atoms with Gasteiger partial charge in [-0.15, -0.1) is 0 Å². The van der Waals surface area contributed by atoms with E-state index in [0.29, 0.717) is 6.61 Å². The first-order valence-electron chi connectivity index (χ1n) is 4.97. The van der Waals surface area contributed by atoms with Crippen LogP contribution in [0.25, 0.3) is 0 Å². The van der Waals surface area contributed by atoms with Crippen LogP contribution in [0.2, 0.25) is 0 Å². The number of nitrogens with two attached hydrogens (primary N) is 1. The van der Waals surface area contributed by atoms with Crippen molar-refractivity contribution in [1.82, 2.24) is 0 Å². The SMILES string of the molecule is C=C(C)COc1ccc(C(N)CO)cc1Br. The van der Waals surface area contributed by atoms with Gasteiger partial charge < -0.3 is 15.6 Å². The molecule has 1 atom stereocenters. The smallest absolute Gasteiger partial charge is 0.133 e. The average molecular weight is 286 g/mol. The molecule has 0 fully saturated rings. The molecule has 3 N–H and O–H groups in total. The molecule has 0 aliphatic rings. The van der Waals surface area contributed by atoms with Gasteiger partial charge in [0.05, 0.1) is 17.1 Å². The van der Waals surface area contributed by atoms with Crippen LogP contribution in [0.15, 0.2) is 34.8 Å². The maximum absolute atomic E-state index is 8.94. The van der Waals surface area contributed by atoms with E-state index >= 15 is 0 Å². The molecule has 1 aromatic carbocycles. The summed E-state index contributed by atoms with van der Waals surface area (Å²) in [7, 11) is 0. The van der Waals surface area contributed by atoms with Gasteiger partial charge in [-0.25, -0.2) is 0 Å². The van der Waals surface area contributed by atoms with Crippen LogP contribution < -0.4 is 10.5 Å². The van der Waals surface area contributed by atoms with Crippen molar-refractivity contribution >= 4 is 15.9 Å². The van der Waals surface area contributed by atoms with Gasteiger partial charge in [0.2, 0.25) is 0 Å². The van der Waals surface area contributed by atoms with Crippen LogP contribution in [-0.4, -0.2) is 18.3 Å². The van der Waals surface area contributed by atoms with E-state index < -0.39 is 0 Å². The van der Waals surface area contributed by atoms with Gasteiger partial charge in [-0.2, -0.15) is 0 Å². The van der Waals surface area contributed by atoms with Crippen molar-refractivity contribution in [2.45, 2.75) is 13.0 Å². The molecule has 0 bridgehead atoms. The summed E-state index contributed by atoms with van der Waals surface area (Å²) in [6.07, 6.45) is 0. The molecule has 1 rings (SSSR count). The predicted molar refractivity (Wildman–Crippen MR) is 68.5 cm³/mol. The number of ether oxygens (including phenoxy) is 1. The van der Waals surface area contributed by atoms with Crippen LogP contribution in [0.4, 0.5) is 0 Å². The van der Waals surface area contributed by atoms with E-state index in [9.17, 15) is 0 Å². The van der Waals surface area contributed by atoms with Crippen LogP contribution in [-0.2, 0) is 0 Å². The predicted octanol–water partition coefficient (Wildman–Crippen LogP) is 2.40. The van der Waals surface area contributed by atoms with Gasteiger partial charge in [0.1, 0.15) is 12.4 Å². The molecule has 0 aliphatic carbocycles. The molecule has 4 heteroatoms. The number of hydrogen-bond acceptors (Lipinski definition) is 3. The maximum Gasteiger partial charge on any atom is 0.133 e. The lowest BCUT2D eigenvalue weighted by atomic mass is 10.1. The third kappa shape index (κ3) is 3.63. The highest BCUT2D eigenvalue weighted by Gasteiger charge is 2.08. The van der Waals surface area contributed by atoms with Crippen LogP contribution in [0.1, 0.15) is 18.5 Å². The van der Waals surface area contributed by atoms with Crippen molar-refractivity contribution in [3.05, 3.63) is 40.4 Å². The van der Waals surface area contributed by atoms with E-state index in [1.165, 1.54) is 0 Å². The van der Waals surface area contributed by atoms with Gasteiger partial charge in [-0.1, -0.05) is 12.6 Å². The molecule has 0 aliphatic heterocycles. The van der Waals surface area contributed by atoms with Gasteiger partial charge >= 0.3 is 0 Å². The van der Waals surface area contributed by atoms with Crippen molar-refractivity contribution in [3.63, 3.8) is 0 Å². The number of benzene rings is 1. The summed E-state index contributed by atoms with van der Waals surface area (Å²) >= 11 is 3.40. The molecule has 1 aromatic rings. The van der Waals surface area contributed by atoms with Gasteiger partial charge in [-0.05, 0) is 46.1 Å². The molecule has 88 valence electrons. The summed E-state index contributed by atoms with van der Waals surface area (Å²) in [4.78, 5) is 0. The second-order valence-corrected chi connectivity index (χ2v) is 4.58. The highest BCUT2D eigenvalue weighted by molar-refractivity contribution is 9.10. The maximum atomic E-state index is 8.94. The molecule has 0 heterocycles. The van der Waals surface area contributed by atoms with Crippen LogP contribution in [0.5, 0.6) is 5.75 Å². The Balaban J connectivity index is 2.79. The van der Waals surface area contributed by atoms with Crippen molar-refractivity contribution in [1.29, 1.82) is 0 Å². The van der Waals surface area contributed by atoms with Crippen LogP contribution in [0, 0.1) is 0 Å². The number of halogens is 1. The zero-order valence-electron chi connectivity index (χ0n) is 9.24. The fraction of sp³-hybridized carbons (Fsp3) is 0.333. The minimum absolute atomic E-state index is 0.0710. The highest BCUT2D eigenvalue weighted by Crippen LogP contribution is 2.28. The lowest BCUT2D eigenvalue weighted by molar-refractivity contribution is 0.268. The zero-order chi connectivity index (χ0) is 12.1. The number of aliphatic hydroxyl groups excluding tert-OH is 1. The van der Waals surface area contributed by atoms with Crippen molar-refractivity contribution in [2.75, 3.05) is 13.2 Å². The molecule has 0 radical (unpaired) electrons. The van der Waals surface area contributed by atoms with Crippen molar-refractivity contribution in [2.24, 2.45) is 5.73 Å². The van der Waals surface area contributed by atoms with E-state index in [1.807, 2.05) is 25.1 Å². The van der Waals surface area contributed by atoms with Gasteiger partial charge in [0, 0.05) is 0 Å². The van der Waals surface area contributed by atoms with Gasteiger partial charge in [-0.3, -0.25) is 0 Å². The average Bonchev–Trinajstić information content (AvgIpc) is 2.26. The molecular weight excluding hydrogens is 270 g/mol. The first-order chi connectivity index (χ1) is 7.54. The fourth-order valence-electron chi connectivity index (χ4n) is 1.17. The Morgan fingerprint density at radius 3 is 2.81 bits per heavy atom.